The lowest BCUT2D eigenvalue weighted by atomic mass is 9.47. The van der Waals surface area contributed by atoms with Gasteiger partial charge in [-0.2, -0.15) is 0 Å². The molecule has 0 radical (unpaired) electrons. The van der Waals surface area contributed by atoms with Crippen molar-refractivity contribution in [1.29, 1.82) is 0 Å². The van der Waals surface area contributed by atoms with E-state index in [1.165, 1.54) is 0 Å². The van der Waals surface area contributed by atoms with E-state index in [0.717, 1.165) is 31.1 Å². The molecule has 1 heterocycles. The minimum Gasteiger partial charge on any atom is -0.515 e. The van der Waals surface area contributed by atoms with Gasteiger partial charge in [-0.05, 0) is 29.7 Å². The van der Waals surface area contributed by atoms with Crippen LogP contribution in [0.5, 0.6) is 0 Å². The van der Waals surface area contributed by atoms with E-state index in [0.29, 0.717) is 0 Å². The van der Waals surface area contributed by atoms with Gasteiger partial charge >= 0.3 is 0 Å². The van der Waals surface area contributed by atoms with Crippen molar-refractivity contribution in [3.63, 3.8) is 0 Å². The molecule has 3 rings (SSSR count). The molecule has 2 aliphatic rings. The van der Waals surface area contributed by atoms with Crippen molar-refractivity contribution in [3.8, 4) is 0 Å². The largest absolute Gasteiger partial charge is 0.515 e. The van der Waals surface area contributed by atoms with E-state index in [-0.39, 0.29) is 34.0 Å². The van der Waals surface area contributed by atoms with Gasteiger partial charge in [-0.15, -0.1) is 0 Å². The highest BCUT2D eigenvalue weighted by Crippen LogP contribution is 2.59. The minimum atomic E-state index is -0.545. The van der Waals surface area contributed by atoms with Crippen LogP contribution >= 0.6 is 0 Å². The maximum atomic E-state index is 12.8. The average molecular weight is 328 g/mol. The fourth-order valence-corrected chi connectivity index (χ4v) is 4.91. The summed E-state index contributed by atoms with van der Waals surface area (Å²) in [6.45, 7) is 6.23. The summed E-state index contributed by atoms with van der Waals surface area (Å²) in [5, 5.41) is 9.65. The van der Waals surface area contributed by atoms with E-state index in [9.17, 15) is 14.7 Å². The van der Waals surface area contributed by atoms with Gasteiger partial charge in [0.05, 0.1) is 18.8 Å². The Hall–Kier alpha value is -2.10. The number of fused-ring (bicyclic) bond motifs is 1. The minimum absolute atomic E-state index is 0.205. The van der Waals surface area contributed by atoms with E-state index in [4.69, 9.17) is 4.42 Å². The molecule has 0 aromatic carbocycles. The van der Waals surface area contributed by atoms with Crippen LogP contribution in [0.4, 0.5) is 0 Å². The highest BCUT2D eigenvalue weighted by atomic mass is 16.3. The molecule has 1 N–H and O–H groups in total. The first kappa shape index (κ1) is 16.7. The molecule has 0 aliphatic heterocycles. The van der Waals surface area contributed by atoms with Crippen molar-refractivity contribution in [2.24, 2.45) is 22.7 Å². The third-order valence-corrected chi connectivity index (χ3v) is 5.93. The Kier molecular flexibility index (Phi) is 4.02. The lowest BCUT2D eigenvalue weighted by Crippen LogP contribution is -2.56. The molecule has 0 unspecified atom stereocenters. The van der Waals surface area contributed by atoms with Gasteiger partial charge in [0.15, 0.2) is 0 Å². The molecule has 2 aliphatic carbocycles. The maximum Gasteiger partial charge on any atom is 0.228 e. The van der Waals surface area contributed by atoms with Crippen molar-refractivity contribution in [3.05, 3.63) is 42.1 Å². The second-order valence-electron chi connectivity index (χ2n) is 7.95. The molecular weight excluding hydrogens is 304 g/mol. The zero-order chi connectivity index (χ0) is 17.5. The van der Waals surface area contributed by atoms with Crippen LogP contribution < -0.4 is 0 Å². The van der Waals surface area contributed by atoms with E-state index >= 15 is 0 Å². The third-order valence-electron chi connectivity index (χ3n) is 5.93. The van der Waals surface area contributed by atoms with Gasteiger partial charge in [0.1, 0.15) is 0 Å². The molecule has 4 nitrogen and oxygen atoms in total. The Bertz CT molecular complexity index is 708. The summed E-state index contributed by atoms with van der Waals surface area (Å²) < 4.78 is 5.07. The SMILES string of the molecule is CC1(C)CCC[C@]2(C)[C@@H](/C=C/c3ccoc3)/C(=C/O)C(=O)C(=O)[C@@H]12. The molecule has 4 heteroatoms. The Morgan fingerprint density at radius 1 is 1.25 bits per heavy atom. The normalized spacial score (nSPS) is 34.7. The fourth-order valence-electron chi connectivity index (χ4n) is 4.91. The predicted molar refractivity (Wildman–Crippen MR) is 91.2 cm³/mol. The van der Waals surface area contributed by atoms with Gasteiger partial charge in [-0.1, -0.05) is 39.3 Å². The lowest BCUT2D eigenvalue weighted by molar-refractivity contribution is -0.152. The number of carbonyl (C=O) groups is 2. The molecule has 0 saturated heterocycles. The monoisotopic (exact) mass is 328 g/mol. The highest BCUT2D eigenvalue weighted by Gasteiger charge is 2.59. The molecule has 3 atom stereocenters. The molecule has 0 amide bonds. The molecule has 0 bridgehead atoms. The number of carbonyl (C=O) groups excluding carboxylic acids is 2. The summed E-state index contributed by atoms with van der Waals surface area (Å²) in [6.07, 6.45) is 10.7. The van der Waals surface area contributed by atoms with Gasteiger partial charge in [0.25, 0.3) is 0 Å². The van der Waals surface area contributed by atoms with Crippen LogP contribution in [0.25, 0.3) is 6.08 Å². The number of aliphatic hydroxyl groups is 1. The topological polar surface area (TPSA) is 67.5 Å². The number of hydrogen-bond donors (Lipinski definition) is 1. The summed E-state index contributed by atoms with van der Waals surface area (Å²) in [4.78, 5) is 25.4. The van der Waals surface area contributed by atoms with Gasteiger partial charge in [0, 0.05) is 23.0 Å². The van der Waals surface area contributed by atoms with E-state index in [1.54, 1.807) is 12.5 Å². The number of ketones is 2. The first-order chi connectivity index (χ1) is 11.3. The lowest BCUT2D eigenvalue weighted by Gasteiger charge is -2.55. The first-order valence-electron chi connectivity index (χ1n) is 8.44. The molecule has 1 aromatic heterocycles. The first-order valence-corrected chi connectivity index (χ1v) is 8.44. The second kappa shape index (κ2) is 5.76. The van der Waals surface area contributed by atoms with Crippen molar-refractivity contribution in [2.75, 3.05) is 0 Å². The molecule has 0 spiro atoms. The number of aliphatic hydroxyl groups excluding tert-OH is 1. The van der Waals surface area contributed by atoms with Gasteiger partial charge in [0.2, 0.25) is 11.6 Å². The highest BCUT2D eigenvalue weighted by molar-refractivity contribution is 6.45. The standard InChI is InChI=1S/C20H24O4/c1-19(2)8-4-9-20(3)15(6-5-13-7-10-24-12-13)14(11-21)16(22)17(23)18(19)20/h5-7,10-12,15,18,21H,4,8-9H2,1-3H3/b6-5+,14-11-/t15-,18-,20+/m0/s1. The van der Waals surface area contributed by atoms with Crippen molar-refractivity contribution < 1.29 is 19.1 Å². The number of furan rings is 1. The van der Waals surface area contributed by atoms with Crippen LogP contribution in [-0.2, 0) is 9.59 Å². The van der Waals surface area contributed by atoms with Crippen molar-refractivity contribution in [1.82, 2.24) is 0 Å². The molecule has 1 aromatic rings. The molecule has 2 fully saturated rings. The van der Waals surface area contributed by atoms with E-state index < -0.39 is 5.78 Å². The van der Waals surface area contributed by atoms with Gasteiger partial charge in [-0.25, -0.2) is 0 Å². The van der Waals surface area contributed by atoms with Crippen molar-refractivity contribution in [2.45, 2.75) is 40.0 Å². The molecule has 2 saturated carbocycles. The van der Waals surface area contributed by atoms with Crippen LogP contribution in [0.2, 0.25) is 0 Å². The Morgan fingerprint density at radius 2 is 2.00 bits per heavy atom. The van der Waals surface area contributed by atoms with Crippen LogP contribution in [-0.4, -0.2) is 16.7 Å². The van der Waals surface area contributed by atoms with Gasteiger partial charge in [-0.3, -0.25) is 9.59 Å². The Morgan fingerprint density at radius 3 is 2.62 bits per heavy atom. The molecule has 24 heavy (non-hydrogen) atoms. The summed E-state index contributed by atoms with van der Waals surface area (Å²) >= 11 is 0. The number of hydrogen-bond acceptors (Lipinski definition) is 4. The van der Waals surface area contributed by atoms with Crippen LogP contribution in [0.15, 0.2) is 40.9 Å². The molecule has 128 valence electrons. The van der Waals surface area contributed by atoms with Crippen LogP contribution in [0, 0.1) is 22.7 Å². The van der Waals surface area contributed by atoms with Crippen LogP contribution in [0.3, 0.4) is 0 Å². The van der Waals surface area contributed by atoms with Crippen LogP contribution in [0.1, 0.15) is 45.6 Å². The summed E-state index contributed by atoms with van der Waals surface area (Å²) in [5.74, 6) is -1.51. The zero-order valence-corrected chi connectivity index (χ0v) is 14.4. The van der Waals surface area contributed by atoms with E-state index in [1.807, 2.05) is 18.2 Å². The number of allylic oxidation sites excluding steroid dienone is 2. The number of Topliss-reactive ketones (excluding diaryl/α,β-unsaturated/α-hetero) is 2. The fraction of sp³-hybridized carbons (Fsp3) is 0.500. The summed E-state index contributed by atoms with van der Waals surface area (Å²) in [7, 11) is 0. The van der Waals surface area contributed by atoms with Gasteiger partial charge < -0.3 is 9.52 Å². The predicted octanol–water partition coefficient (Wildman–Crippen LogP) is 4.34. The summed E-state index contributed by atoms with van der Waals surface area (Å²) in [5.41, 5.74) is 0.507. The van der Waals surface area contributed by atoms with E-state index in [2.05, 4.69) is 20.8 Å². The third kappa shape index (κ3) is 2.45. The quantitative estimate of drug-likeness (QED) is 0.498. The number of rotatable bonds is 2. The second-order valence-corrected chi connectivity index (χ2v) is 7.95. The Balaban J connectivity index is 2.09. The Labute approximate surface area is 142 Å². The van der Waals surface area contributed by atoms with Crippen molar-refractivity contribution >= 4 is 17.6 Å². The smallest absolute Gasteiger partial charge is 0.228 e. The summed E-state index contributed by atoms with van der Waals surface area (Å²) in [6, 6.07) is 1.83. The maximum absolute atomic E-state index is 12.8. The zero-order valence-electron chi connectivity index (χ0n) is 14.4. The average Bonchev–Trinajstić information content (AvgIpc) is 3.01. The molecular formula is C20H24O4.